The van der Waals surface area contributed by atoms with Crippen molar-refractivity contribution in [2.24, 2.45) is 0 Å². The van der Waals surface area contributed by atoms with E-state index < -0.39 is 0 Å². The highest BCUT2D eigenvalue weighted by Crippen LogP contribution is 2.31. The molecule has 0 aliphatic heterocycles. The summed E-state index contributed by atoms with van der Waals surface area (Å²) in [5.74, 6) is 0. The van der Waals surface area contributed by atoms with Crippen LogP contribution in [0.5, 0.6) is 0 Å². The molecule has 0 aromatic carbocycles. The lowest BCUT2D eigenvalue weighted by Crippen LogP contribution is -2.04. The molecule has 78 valence electrons. The van der Waals surface area contributed by atoms with Crippen molar-refractivity contribution in [3.8, 4) is 0 Å². The monoisotopic (exact) mass is 210 g/mol. The average Bonchev–Trinajstić information content (AvgIpc) is 2.56. The highest BCUT2D eigenvalue weighted by molar-refractivity contribution is 7.98. The molecule has 1 aliphatic rings. The zero-order valence-electron chi connectivity index (χ0n) is 9.21. The predicted octanol–water partition coefficient (Wildman–Crippen LogP) is 3.06. The van der Waals surface area contributed by atoms with E-state index in [1.807, 2.05) is 11.8 Å². The zero-order chi connectivity index (χ0) is 10.1. The molecule has 0 saturated heterocycles. The van der Waals surface area contributed by atoms with E-state index in [1.165, 1.54) is 42.0 Å². The van der Waals surface area contributed by atoms with Gasteiger partial charge < -0.3 is 0 Å². The number of hydrogen-bond acceptors (Lipinski definition) is 2. The van der Waals surface area contributed by atoms with Crippen molar-refractivity contribution >= 4 is 11.8 Å². The molecule has 0 atom stereocenters. The Kier molecular flexibility index (Phi) is 2.86. The molecule has 2 nitrogen and oxygen atoms in total. The minimum Gasteiger partial charge on any atom is -0.256 e. The molecular weight excluding hydrogens is 192 g/mol. The van der Waals surface area contributed by atoms with Crippen LogP contribution in [0.4, 0.5) is 0 Å². The largest absolute Gasteiger partial charge is 0.256 e. The molecule has 0 radical (unpaired) electrons. The van der Waals surface area contributed by atoms with Crippen LogP contribution in [0.1, 0.15) is 44.0 Å². The number of aromatic nitrogens is 2. The van der Waals surface area contributed by atoms with E-state index in [2.05, 4.69) is 24.8 Å². The Morgan fingerprint density at radius 1 is 1.29 bits per heavy atom. The minimum absolute atomic E-state index is 0.489. The van der Waals surface area contributed by atoms with Crippen molar-refractivity contribution in [1.82, 2.24) is 9.78 Å². The fraction of sp³-hybridized carbons (Fsp3) is 0.727. The Bertz CT molecular complexity index is 328. The Balaban J connectivity index is 2.46. The summed E-state index contributed by atoms with van der Waals surface area (Å²) in [4.78, 5) is 0. The average molecular weight is 210 g/mol. The van der Waals surface area contributed by atoms with Crippen molar-refractivity contribution in [1.29, 1.82) is 0 Å². The first-order valence-electron chi connectivity index (χ1n) is 5.38. The molecule has 2 rings (SSSR count). The molecule has 1 aromatic rings. The summed E-state index contributed by atoms with van der Waals surface area (Å²) in [5, 5.41) is 6.11. The van der Waals surface area contributed by atoms with E-state index >= 15 is 0 Å². The van der Waals surface area contributed by atoms with Crippen LogP contribution in [0.3, 0.4) is 0 Å². The third-order valence-electron chi connectivity index (χ3n) is 2.82. The van der Waals surface area contributed by atoms with Gasteiger partial charge in [-0.05, 0) is 45.8 Å². The summed E-state index contributed by atoms with van der Waals surface area (Å²) < 4.78 is 2.20. The number of aryl methyl sites for hydroxylation is 1. The summed E-state index contributed by atoms with van der Waals surface area (Å²) in [7, 11) is 0. The first-order chi connectivity index (χ1) is 6.74. The minimum atomic E-state index is 0.489. The van der Waals surface area contributed by atoms with Crippen LogP contribution in [-0.4, -0.2) is 16.0 Å². The van der Waals surface area contributed by atoms with Gasteiger partial charge in [0.25, 0.3) is 0 Å². The second kappa shape index (κ2) is 3.97. The van der Waals surface area contributed by atoms with Crippen LogP contribution in [0, 0.1) is 0 Å². The maximum absolute atomic E-state index is 4.72. The molecule has 1 aliphatic carbocycles. The second-order valence-corrected chi connectivity index (χ2v) is 4.97. The smallest absolute Gasteiger partial charge is 0.0975 e. The second-order valence-electron chi connectivity index (χ2n) is 4.18. The SMILES string of the molecule is CSc1c2c(nn1C(C)C)CCCC2. The molecule has 3 heteroatoms. The summed E-state index contributed by atoms with van der Waals surface area (Å²) >= 11 is 1.85. The quantitative estimate of drug-likeness (QED) is 0.698. The normalized spacial score (nSPS) is 16.0. The number of thioether (sulfide) groups is 1. The van der Waals surface area contributed by atoms with E-state index in [9.17, 15) is 0 Å². The topological polar surface area (TPSA) is 17.8 Å². The molecule has 1 heterocycles. The number of nitrogens with zero attached hydrogens (tertiary/aromatic N) is 2. The van der Waals surface area contributed by atoms with Gasteiger partial charge in [0.2, 0.25) is 0 Å². The van der Waals surface area contributed by atoms with Crippen molar-refractivity contribution in [2.75, 3.05) is 6.26 Å². The fourth-order valence-corrected chi connectivity index (χ4v) is 3.02. The Morgan fingerprint density at radius 3 is 2.64 bits per heavy atom. The Morgan fingerprint density at radius 2 is 2.00 bits per heavy atom. The maximum Gasteiger partial charge on any atom is 0.0975 e. The van der Waals surface area contributed by atoms with E-state index in [4.69, 9.17) is 5.10 Å². The molecule has 1 aromatic heterocycles. The fourth-order valence-electron chi connectivity index (χ4n) is 2.11. The van der Waals surface area contributed by atoms with Crippen LogP contribution in [-0.2, 0) is 12.8 Å². The number of fused-ring (bicyclic) bond motifs is 1. The standard InChI is InChI=1S/C11H18N2S/c1-8(2)13-11(14-3)9-6-4-5-7-10(9)12-13/h8H,4-7H2,1-3H3. The van der Waals surface area contributed by atoms with E-state index in [1.54, 1.807) is 0 Å². The lowest BCUT2D eigenvalue weighted by molar-refractivity contribution is 0.488. The van der Waals surface area contributed by atoms with Gasteiger partial charge in [-0.3, -0.25) is 4.68 Å². The van der Waals surface area contributed by atoms with Crippen LogP contribution in [0.15, 0.2) is 5.03 Å². The molecule has 0 bridgehead atoms. The van der Waals surface area contributed by atoms with Crippen molar-refractivity contribution in [3.63, 3.8) is 0 Å². The van der Waals surface area contributed by atoms with E-state index in [0.29, 0.717) is 6.04 Å². The number of rotatable bonds is 2. The van der Waals surface area contributed by atoms with Crippen LogP contribution >= 0.6 is 11.8 Å². The zero-order valence-corrected chi connectivity index (χ0v) is 10.0. The molecule has 0 N–H and O–H groups in total. The van der Waals surface area contributed by atoms with Gasteiger partial charge in [-0.1, -0.05) is 0 Å². The van der Waals surface area contributed by atoms with E-state index in [-0.39, 0.29) is 0 Å². The highest BCUT2D eigenvalue weighted by atomic mass is 32.2. The van der Waals surface area contributed by atoms with Crippen molar-refractivity contribution in [3.05, 3.63) is 11.3 Å². The summed E-state index contributed by atoms with van der Waals surface area (Å²) in [6.45, 7) is 4.41. The number of hydrogen-bond donors (Lipinski definition) is 0. The van der Waals surface area contributed by atoms with Gasteiger partial charge in [-0.2, -0.15) is 5.10 Å². The predicted molar refractivity (Wildman–Crippen MR) is 61.0 cm³/mol. The maximum atomic E-state index is 4.72. The van der Waals surface area contributed by atoms with Gasteiger partial charge in [-0.15, -0.1) is 11.8 Å². The lowest BCUT2D eigenvalue weighted by atomic mass is 9.98. The summed E-state index contributed by atoms with van der Waals surface area (Å²) in [5.41, 5.74) is 2.88. The summed E-state index contributed by atoms with van der Waals surface area (Å²) in [6.07, 6.45) is 7.23. The van der Waals surface area contributed by atoms with Gasteiger partial charge in [0.05, 0.1) is 10.7 Å². The molecule has 0 fully saturated rings. The Labute approximate surface area is 90.1 Å². The van der Waals surface area contributed by atoms with Crippen LogP contribution < -0.4 is 0 Å². The third kappa shape index (κ3) is 1.58. The molecular formula is C11H18N2S. The van der Waals surface area contributed by atoms with Gasteiger partial charge >= 0.3 is 0 Å². The molecule has 0 saturated carbocycles. The lowest BCUT2D eigenvalue weighted by Gasteiger charge is -2.11. The van der Waals surface area contributed by atoms with Crippen molar-refractivity contribution in [2.45, 2.75) is 50.6 Å². The molecule has 0 spiro atoms. The first-order valence-corrected chi connectivity index (χ1v) is 6.60. The van der Waals surface area contributed by atoms with Crippen LogP contribution in [0.2, 0.25) is 0 Å². The van der Waals surface area contributed by atoms with Crippen molar-refractivity contribution < 1.29 is 0 Å². The van der Waals surface area contributed by atoms with E-state index in [0.717, 1.165) is 0 Å². The highest BCUT2D eigenvalue weighted by Gasteiger charge is 2.20. The van der Waals surface area contributed by atoms with Gasteiger partial charge in [-0.25, -0.2) is 0 Å². The molecule has 0 unspecified atom stereocenters. The first kappa shape index (κ1) is 10.1. The molecule has 14 heavy (non-hydrogen) atoms. The van der Waals surface area contributed by atoms with Crippen LogP contribution in [0.25, 0.3) is 0 Å². The van der Waals surface area contributed by atoms with Gasteiger partial charge in [0.1, 0.15) is 0 Å². The van der Waals surface area contributed by atoms with Gasteiger partial charge in [0.15, 0.2) is 0 Å². The third-order valence-corrected chi connectivity index (χ3v) is 3.64. The Hall–Kier alpha value is -0.440. The summed E-state index contributed by atoms with van der Waals surface area (Å²) in [6, 6.07) is 0.489. The molecule has 0 amide bonds. The van der Waals surface area contributed by atoms with Gasteiger partial charge in [0, 0.05) is 11.6 Å².